The van der Waals surface area contributed by atoms with E-state index in [2.05, 4.69) is 28.7 Å². The first-order valence-corrected chi connectivity index (χ1v) is 5.71. The highest BCUT2D eigenvalue weighted by molar-refractivity contribution is 14.1. The van der Waals surface area contributed by atoms with Gasteiger partial charge in [0.25, 0.3) is 0 Å². The molecular formula is C11H12INO2. The van der Waals surface area contributed by atoms with Crippen molar-refractivity contribution in [3.63, 3.8) is 0 Å². The van der Waals surface area contributed by atoms with Crippen molar-refractivity contribution >= 4 is 22.6 Å². The Bertz CT molecular complexity index is 385. The molecule has 3 nitrogen and oxygen atoms in total. The van der Waals surface area contributed by atoms with Crippen LogP contribution in [0, 0.1) is 14.9 Å². The summed E-state index contributed by atoms with van der Waals surface area (Å²) in [6.07, 6.45) is 0.944. The lowest BCUT2D eigenvalue weighted by atomic mass is 10.2. The molecule has 0 aliphatic carbocycles. The van der Waals surface area contributed by atoms with Gasteiger partial charge in [0.05, 0.1) is 28.9 Å². The average molecular weight is 317 g/mol. The van der Waals surface area contributed by atoms with E-state index < -0.39 is 0 Å². The molecule has 1 aromatic carbocycles. The molecule has 1 aromatic rings. The van der Waals surface area contributed by atoms with Gasteiger partial charge >= 0.3 is 0 Å². The summed E-state index contributed by atoms with van der Waals surface area (Å²) in [7, 11) is 1.57. The number of nitriles is 1. The Labute approximate surface area is 103 Å². The SMILES string of the molecule is CCCOc1c(I)cc(C#N)cc1OC. The molecule has 0 aromatic heterocycles. The molecular weight excluding hydrogens is 305 g/mol. The third-order valence-corrected chi connectivity index (χ3v) is 2.61. The van der Waals surface area contributed by atoms with Gasteiger partial charge in [-0.1, -0.05) is 6.92 Å². The van der Waals surface area contributed by atoms with Crippen LogP contribution < -0.4 is 9.47 Å². The van der Waals surface area contributed by atoms with Crippen molar-refractivity contribution in [3.05, 3.63) is 21.3 Å². The van der Waals surface area contributed by atoms with Gasteiger partial charge in [0.1, 0.15) is 0 Å². The third kappa shape index (κ3) is 2.99. The van der Waals surface area contributed by atoms with Crippen molar-refractivity contribution in [2.75, 3.05) is 13.7 Å². The van der Waals surface area contributed by atoms with Crippen molar-refractivity contribution in [1.82, 2.24) is 0 Å². The number of hydrogen-bond donors (Lipinski definition) is 0. The molecule has 80 valence electrons. The van der Waals surface area contributed by atoms with Crippen LogP contribution in [0.5, 0.6) is 11.5 Å². The van der Waals surface area contributed by atoms with E-state index in [0.29, 0.717) is 17.9 Å². The van der Waals surface area contributed by atoms with E-state index in [1.165, 1.54) is 0 Å². The second kappa shape index (κ2) is 5.81. The van der Waals surface area contributed by atoms with E-state index in [0.717, 1.165) is 15.7 Å². The number of halogens is 1. The molecule has 0 radical (unpaired) electrons. The van der Waals surface area contributed by atoms with Crippen molar-refractivity contribution in [2.24, 2.45) is 0 Å². The predicted octanol–water partition coefficient (Wildman–Crippen LogP) is 2.96. The predicted molar refractivity (Wildman–Crippen MR) is 66.2 cm³/mol. The highest BCUT2D eigenvalue weighted by Gasteiger charge is 2.10. The molecule has 0 saturated carbocycles. The number of rotatable bonds is 4. The lowest BCUT2D eigenvalue weighted by Gasteiger charge is -2.12. The quantitative estimate of drug-likeness (QED) is 0.802. The molecule has 0 atom stereocenters. The molecule has 4 heteroatoms. The zero-order valence-corrected chi connectivity index (χ0v) is 10.9. The minimum absolute atomic E-state index is 0.583. The summed E-state index contributed by atoms with van der Waals surface area (Å²) in [5, 5.41) is 8.80. The minimum Gasteiger partial charge on any atom is -0.493 e. The van der Waals surface area contributed by atoms with Gasteiger partial charge in [0, 0.05) is 6.07 Å². The molecule has 0 aliphatic heterocycles. The van der Waals surface area contributed by atoms with E-state index in [-0.39, 0.29) is 0 Å². The third-order valence-electron chi connectivity index (χ3n) is 1.81. The fourth-order valence-corrected chi connectivity index (χ4v) is 1.89. The molecule has 15 heavy (non-hydrogen) atoms. The van der Waals surface area contributed by atoms with Crippen LogP contribution >= 0.6 is 22.6 Å². The Balaban J connectivity index is 3.08. The number of hydrogen-bond acceptors (Lipinski definition) is 3. The summed E-state index contributed by atoms with van der Waals surface area (Å²) < 4.78 is 11.7. The molecule has 0 bridgehead atoms. The van der Waals surface area contributed by atoms with Crippen molar-refractivity contribution in [1.29, 1.82) is 5.26 Å². The average Bonchev–Trinajstić information content (AvgIpc) is 2.26. The van der Waals surface area contributed by atoms with Crippen LogP contribution in [0.4, 0.5) is 0 Å². The van der Waals surface area contributed by atoms with Crippen LogP contribution in [0.2, 0.25) is 0 Å². The number of benzene rings is 1. The van der Waals surface area contributed by atoms with Gasteiger partial charge in [-0.05, 0) is 35.1 Å². The van der Waals surface area contributed by atoms with Gasteiger partial charge in [-0.25, -0.2) is 0 Å². The van der Waals surface area contributed by atoms with Crippen LogP contribution in [-0.4, -0.2) is 13.7 Å². The van der Waals surface area contributed by atoms with Crippen molar-refractivity contribution < 1.29 is 9.47 Å². The van der Waals surface area contributed by atoms with E-state index in [1.54, 1.807) is 19.2 Å². The fraction of sp³-hybridized carbons (Fsp3) is 0.364. The van der Waals surface area contributed by atoms with Crippen LogP contribution in [0.1, 0.15) is 18.9 Å². The van der Waals surface area contributed by atoms with Crippen LogP contribution in [0.15, 0.2) is 12.1 Å². The fourth-order valence-electron chi connectivity index (χ4n) is 1.13. The maximum atomic E-state index is 8.80. The Morgan fingerprint density at radius 2 is 2.20 bits per heavy atom. The summed E-state index contributed by atoms with van der Waals surface area (Å²) >= 11 is 2.14. The second-order valence-electron chi connectivity index (χ2n) is 2.95. The maximum absolute atomic E-state index is 8.80. The van der Waals surface area contributed by atoms with Crippen LogP contribution in [0.3, 0.4) is 0 Å². The summed E-state index contributed by atoms with van der Waals surface area (Å²) in [6.45, 7) is 2.70. The molecule has 0 unspecified atom stereocenters. The monoisotopic (exact) mass is 317 g/mol. The topological polar surface area (TPSA) is 42.2 Å². The standard InChI is InChI=1S/C11H12INO2/c1-3-4-15-11-9(12)5-8(7-13)6-10(11)14-2/h5-6H,3-4H2,1-2H3. The van der Waals surface area contributed by atoms with E-state index in [4.69, 9.17) is 14.7 Å². The number of nitrogens with zero attached hydrogens (tertiary/aromatic N) is 1. The molecule has 0 fully saturated rings. The molecule has 0 saturated heterocycles. The summed E-state index contributed by atoms with van der Waals surface area (Å²) in [5.74, 6) is 1.34. The Morgan fingerprint density at radius 3 is 2.73 bits per heavy atom. The van der Waals surface area contributed by atoms with Crippen LogP contribution in [-0.2, 0) is 0 Å². The van der Waals surface area contributed by atoms with Crippen LogP contribution in [0.25, 0.3) is 0 Å². The lowest BCUT2D eigenvalue weighted by molar-refractivity contribution is 0.292. The largest absolute Gasteiger partial charge is 0.493 e. The molecule has 0 heterocycles. The van der Waals surface area contributed by atoms with Gasteiger partial charge in [-0.15, -0.1) is 0 Å². The van der Waals surface area contributed by atoms with E-state index >= 15 is 0 Å². The van der Waals surface area contributed by atoms with Gasteiger partial charge in [-0.3, -0.25) is 0 Å². The van der Waals surface area contributed by atoms with E-state index in [1.807, 2.05) is 6.92 Å². The highest BCUT2D eigenvalue weighted by atomic mass is 127. The normalized spacial score (nSPS) is 9.47. The van der Waals surface area contributed by atoms with Gasteiger partial charge < -0.3 is 9.47 Å². The van der Waals surface area contributed by atoms with Gasteiger partial charge in [0.2, 0.25) is 0 Å². The summed E-state index contributed by atoms with van der Waals surface area (Å²) in [4.78, 5) is 0. The van der Waals surface area contributed by atoms with Crippen molar-refractivity contribution in [2.45, 2.75) is 13.3 Å². The first-order valence-electron chi connectivity index (χ1n) is 4.63. The number of ether oxygens (including phenoxy) is 2. The van der Waals surface area contributed by atoms with Gasteiger partial charge in [-0.2, -0.15) is 5.26 Å². The second-order valence-corrected chi connectivity index (χ2v) is 4.11. The highest BCUT2D eigenvalue weighted by Crippen LogP contribution is 2.33. The first-order chi connectivity index (χ1) is 7.22. The molecule has 1 rings (SSSR count). The molecule has 0 spiro atoms. The zero-order valence-electron chi connectivity index (χ0n) is 8.71. The Morgan fingerprint density at radius 1 is 1.47 bits per heavy atom. The number of methoxy groups -OCH3 is 1. The maximum Gasteiger partial charge on any atom is 0.174 e. The molecule has 0 N–H and O–H groups in total. The Hall–Kier alpha value is -0.960. The summed E-state index contributed by atoms with van der Waals surface area (Å²) in [6, 6.07) is 5.56. The minimum atomic E-state index is 0.583. The van der Waals surface area contributed by atoms with Gasteiger partial charge in [0.15, 0.2) is 11.5 Å². The molecule has 0 amide bonds. The first kappa shape index (κ1) is 12.1. The van der Waals surface area contributed by atoms with Crippen molar-refractivity contribution in [3.8, 4) is 17.6 Å². The summed E-state index contributed by atoms with van der Waals surface area (Å²) in [5.41, 5.74) is 0.583. The smallest absolute Gasteiger partial charge is 0.174 e. The zero-order chi connectivity index (χ0) is 11.3. The molecule has 0 aliphatic rings. The lowest BCUT2D eigenvalue weighted by Crippen LogP contribution is -2.00. The Kier molecular flexibility index (Phi) is 4.69. The van der Waals surface area contributed by atoms with E-state index in [9.17, 15) is 0 Å².